The molecule has 0 bridgehead atoms. The topological polar surface area (TPSA) is 121 Å². The minimum Gasteiger partial charge on any atom is -0.491 e. The first-order valence-corrected chi connectivity index (χ1v) is 9.95. The van der Waals surface area contributed by atoms with Gasteiger partial charge < -0.3 is 4.74 Å². The number of benzene rings is 3. The Bertz CT molecular complexity index is 1320. The fourth-order valence-electron chi connectivity index (χ4n) is 3.09. The van der Waals surface area contributed by atoms with E-state index in [1.54, 1.807) is 36.4 Å². The number of ether oxygens (including phenoxy) is 1. The molecule has 0 saturated carbocycles. The van der Waals surface area contributed by atoms with Crippen molar-refractivity contribution in [2.45, 2.75) is 9.92 Å². The van der Waals surface area contributed by atoms with Crippen molar-refractivity contribution in [3.8, 4) is 5.75 Å². The molecule has 0 unspecified atom stereocenters. The zero-order valence-corrected chi connectivity index (χ0v) is 15.4. The molecule has 8 nitrogen and oxygen atoms in total. The molecule has 3 aromatic carbocycles. The van der Waals surface area contributed by atoms with Crippen LogP contribution in [0.2, 0.25) is 0 Å². The van der Waals surface area contributed by atoms with Gasteiger partial charge in [-0.05, 0) is 29.1 Å². The van der Waals surface area contributed by atoms with Gasteiger partial charge in [-0.2, -0.15) is 5.10 Å². The van der Waals surface area contributed by atoms with Gasteiger partial charge in [-0.25, -0.2) is 8.42 Å². The van der Waals surface area contributed by atoms with E-state index >= 15 is 0 Å². The lowest BCUT2D eigenvalue weighted by molar-refractivity contribution is 0.331. The van der Waals surface area contributed by atoms with Gasteiger partial charge in [0.05, 0.1) is 18.0 Å². The molecule has 0 fully saturated rings. The third-order valence-corrected chi connectivity index (χ3v) is 6.12. The molecule has 1 heterocycles. The molecule has 0 spiro atoms. The Morgan fingerprint density at radius 1 is 1.04 bits per heavy atom. The summed E-state index contributed by atoms with van der Waals surface area (Å²) in [5.41, 5.74) is 8.74. The molecule has 140 valence electrons. The zero-order valence-electron chi connectivity index (χ0n) is 14.6. The molecule has 1 aromatic heterocycles. The first kappa shape index (κ1) is 17.8. The lowest BCUT2D eigenvalue weighted by atomic mass is 10.1. The van der Waals surface area contributed by atoms with Crippen LogP contribution in [0.25, 0.3) is 32.1 Å². The summed E-state index contributed by atoms with van der Waals surface area (Å²) in [4.78, 5) is 2.88. The lowest BCUT2D eigenvalue weighted by Gasteiger charge is -2.08. The van der Waals surface area contributed by atoms with Crippen LogP contribution in [-0.4, -0.2) is 31.8 Å². The highest BCUT2D eigenvalue weighted by Crippen LogP contribution is 2.33. The number of sulfone groups is 1. The van der Waals surface area contributed by atoms with E-state index in [4.69, 9.17) is 10.3 Å². The van der Waals surface area contributed by atoms with Crippen LogP contribution in [0.5, 0.6) is 5.75 Å². The number of hydrogen-bond acceptors (Lipinski definition) is 5. The van der Waals surface area contributed by atoms with E-state index in [0.29, 0.717) is 22.0 Å². The van der Waals surface area contributed by atoms with Crippen LogP contribution in [0.15, 0.2) is 75.7 Å². The SMILES string of the molecule is [N-]=[N+]=NCCOc1cccc2c(S(=O)(=O)c3cccc4ccccc34)[nH]nc12. The molecule has 0 amide bonds. The molecule has 0 atom stereocenters. The van der Waals surface area contributed by atoms with Crippen molar-refractivity contribution in [2.75, 3.05) is 13.2 Å². The molecule has 0 radical (unpaired) electrons. The summed E-state index contributed by atoms with van der Waals surface area (Å²) in [6.07, 6.45) is 0. The summed E-state index contributed by atoms with van der Waals surface area (Å²) >= 11 is 0. The van der Waals surface area contributed by atoms with Crippen LogP contribution in [0.4, 0.5) is 0 Å². The molecule has 0 aliphatic rings. The van der Waals surface area contributed by atoms with Crippen molar-refractivity contribution >= 4 is 31.5 Å². The highest BCUT2D eigenvalue weighted by atomic mass is 32.2. The number of azide groups is 1. The van der Waals surface area contributed by atoms with Crippen molar-refractivity contribution < 1.29 is 13.2 Å². The van der Waals surface area contributed by atoms with E-state index in [9.17, 15) is 8.42 Å². The number of aromatic amines is 1. The molecule has 0 aliphatic heterocycles. The number of aromatic nitrogens is 2. The molecule has 0 saturated heterocycles. The lowest BCUT2D eigenvalue weighted by Crippen LogP contribution is -2.04. The molecule has 28 heavy (non-hydrogen) atoms. The number of nitrogens with one attached hydrogen (secondary N) is 1. The van der Waals surface area contributed by atoms with Crippen molar-refractivity contribution in [2.24, 2.45) is 5.11 Å². The second-order valence-electron chi connectivity index (χ2n) is 5.99. The summed E-state index contributed by atoms with van der Waals surface area (Å²) in [5, 5.41) is 12.2. The largest absolute Gasteiger partial charge is 0.491 e. The maximum atomic E-state index is 13.4. The summed E-state index contributed by atoms with van der Waals surface area (Å²) in [7, 11) is -3.83. The molecule has 1 N–H and O–H groups in total. The van der Waals surface area contributed by atoms with Gasteiger partial charge in [-0.3, -0.25) is 5.10 Å². The van der Waals surface area contributed by atoms with Crippen molar-refractivity contribution in [1.29, 1.82) is 0 Å². The maximum absolute atomic E-state index is 13.4. The van der Waals surface area contributed by atoms with Crippen LogP contribution < -0.4 is 4.74 Å². The maximum Gasteiger partial charge on any atom is 0.224 e. The Labute approximate surface area is 160 Å². The van der Waals surface area contributed by atoms with Gasteiger partial charge in [0.1, 0.15) is 11.3 Å². The Morgan fingerprint density at radius 2 is 1.79 bits per heavy atom. The summed E-state index contributed by atoms with van der Waals surface area (Å²) in [5.74, 6) is 0.418. The normalized spacial score (nSPS) is 11.4. The van der Waals surface area contributed by atoms with Crippen LogP contribution in [0, 0.1) is 0 Å². The summed E-state index contributed by atoms with van der Waals surface area (Å²) in [6.45, 7) is 0.333. The number of para-hydroxylation sites is 1. The minimum atomic E-state index is -3.83. The van der Waals surface area contributed by atoms with Crippen molar-refractivity contribution in [3.63, 3.8) is 0 Å². The average molecular weight is 393 g/mol. The van der Waals surface area contributed by atoms with Crippen molar-refractivity contribution in [3.05, 3.63) is 71.1 Å². The molecule has 4 aromatic rings. The van der Waals surface area contributed by atoms with Gasteiger partial charge in [-0.15, -0.1) is 0 Å². The van der Waals surface area contributed by atoms with Crippen molar-refractivity contribution in [1.82, 2.24) is 10.2 Å². The fourth-order valence-corrected chi connectivity index (χ4v) is 4.66. The number of hydrogen-bond donors (Lipinski definition) is 1. The Morgan fingerprint density at radius 3 is 2.64 bits per heavy atom. The number of nitrogens with zero attached hydrogens (tertiary/aromatic N) is 4. The summed E-state index contributed by atoms with van der Waals surface area (Å²) < 4.78 is 32.3. The molecule has 9 heteroatoms. The molecule has 4 rings (SSSR count). The standard InChI is InChI=1S/C19H15N5O3S/c20-24-21-11-12-27-16-9-4-8-15-18(16)22-23-19(15)28(25,26)17-10-3-6-13-5-1-2-7-14(13)17/h1-10H,11-12H2,(H,22,23). The first-order chi connectivity index (χ1) is 13.6. The zero-order chi connectivity index (χ0) is 19.6. The van der Waals surface area contributed by atoms with Crippen LogP contribution in [-0.2, 0) is 9.84 Å². The van der Waals surface area contributed by atoms with Gasteiger partial charge in [0.25, 0.3) is 0 Å². The minimum absolute atomic E-state index is 0.0133. The van der Waals surface area contributed by atoms with Crippen LogP contribution in [0.3, 0.4) is 0 Å². The van der Waals surface area contributed by atoms with Gasteiger partial charge in [0.2, 0.25) is 9.84 Å². The Hall–Kier alpha value is -3.55. The summed E-state index contributed by atoms with van der Waals surface area (Å²) in [6, 6.07) is 17.6. The predicted molar refractivity (Wildman–Crippen MR) is 105 cm³/mol. The Kier molecular flexibility index (Phi) is 4.60. The van der Waals surface area contributed by atoms with Crippen LogP contribution in [0.1, 0.15) is 0 Å². The number of H-pyrrole nitrogens is 1. The highest BCUT2D eigenvalue weighted by molar-refractivity contribution is 7.91. The molecular formula is C19H15N5O3S. The van der Waals surface area contributed by atoms with E-state index in [2.05, 4.69) is 20.2 Å². The number of rotatable bonds is 6. The molecule has 0 aliphatic carbocycles. The quantitative estimate of drug-likeness (QED) is 0.228. The van der Waals surface area contributed by atoms with Gasteiger partial charge >= 0.3 is 0 Å². The van der Waals surface area contributed by atoms with E-state index in [0.717, 1.165) is 5.39 Å². The molecular weight excluding hydrogens is 378 g/mol. The van der Waals surface area contributed by atoms with Gasteiger partial charge in [-0.1, -0.05) is 47.6 Å². The third-order valence-electron chi connectivity index (χ3n) is 4.33. The first-order valence-electron chi connectivity index (χ1n) is 8.46. The smallest absolute Gasteiger partial charge is 0.224 e. The highest BCUT2D eigenvalue weighted by Gasteiger charge is 2.25. The van der Waals surface area contributed by atoms with E-state index in [1.165, 1.54) is 0 Å². The second kappa shape index (κ2) is 7.22. The van der Waals surface area contributed by atoms with E-state index < -0.39 is 9.84 Å². The van der Waals surface area contributed by atoms with Crippen LogP contribution >= 0.6 is 0 Å². The van der Waals surface area contributed by atoms with E-state index in [1.807, 2.05) is 24.3 Å². The third kappa shape index (κ3) is 3.02. The fraction of sp³-hybridized carbons (Fsp3) is 0.105. The second-order valence-corrected chi connectivity index (χ2v) is 7.84. The Balaban J connectivity index is 1.81. The predicted octanol–water partition coefficient (Wildman–Crippen LogP) is 4.24. The monoisotopic (exact) mass is 393 g/mol. The average Bonchev–Trinajstić information content (AvgIpc) is 3.16. The number of fused-ring (bicyclic) bond motifs is 2. The van der Waals surface area contributed by atoms with Gasteiger partial charge in [0.15, 0.2) is 5.03 Å². The van der Waals surface area contributed by atoms with Gasteiger partial charge in [0, 0.05) is 15.7 Å². The van der Waals surface area contributed by atoms with E-state index in [-0.39, 0.29) is 23.1 Å².